The fourth-order valence-corrected chi connectivity index (χ4v) is 3.11. The largest absolute Gasteiger partial charge is 0.444 e. The molecule has 9 heteroatoms. The highest BCUT2D eigenvalue weighted by Gasteiger charge is 2.30. The van der Waals surface area contributed by atoms with Gasteiger partial charge in [0.15, 0.2) is 5.96 Å². The van der Waals surface area contributed by atoms with Gasteiger partial charge in [0.25, 0.3) is 0 Å². The summed E-state index contributed by atoms with van der Waals surface area (Å²) in [6.07, 6.45) is 2.96. The van der Waals surface area contributed by atoms with Crippen molar-refractivity contribution in [3.8, 4) is 0 Å². The standard InChI is InChI=1S/C22H41N5O3.HI/c1-9-22(10-2,26-20(28)29-21(6,7)8)15-25-19(23-11-3)24-14-12-13-18-16(4)27-30-17(18)5;/h9-15H2,1-8H3,(H,26,28)(H2,23,24,25);1H. The topological polar surface area (TPSA) is 101 Å². The minimum Gasteiger partial charge on any atom is -0.444 e. The Bertz CT molecular complexity index is 674. The molecule has 0 saturated heterocycles. The Morgan fingerprint density at radius 3 is 2.26 bits per heavy atom. The third kappa shape index (κ3) is 10.6. The third-order valence-electron chi connectivity index (χ3n) is 5.08. The number of aromatic nitrogens is 1. The first-order valence-corrected chi connectivity index (χ1v) is 11.0. The molecule has 1 aromatic heterocycles. The van der Waals surface area contributed by atoms with Crippen molar-refractivity contribution in [3.63, 3.8) is 0 Å². The molecule has 0 spiro atoms. The zero-order valence-corrected chi connectivity index (χ0v) is 22.8. The van der Waals surface area contributed by atoms with Crippen LogP contribution in [0.3, 0.4) is 0 Å². The van der Waals surface area contributed by atoms with Gasteiger partial charge < -0.3 is 25.2 Å². The van der Waals surface area contributed by atoms with Gasteiger partial charge in [0.1, 0.15) is 11.4 Å². The van der Waals surface area contributed by atoms with E-state index in [9.17, 15) is 4.79 Å². The van der Waals surface area contributed by atoms with Crippen LogP contribution in [0.5, 0.6) is 0 Å². The lowest BCUT2D eigenvalue weighted by molar-refractivity contribution is 0.0452. The van der Waals surface area contributed by atoms with Gasteiger partial charge in [-0.05, 0) is 67.2 Å². The van der Waals surface area contributed by atoms with Crippen molar-refractivity contribution in [2.75, 3.05) is 19.6 Å². The third-order valence-corrected chi connectivity index (χ3v) is 5.08. The van der Waals surface area contributed by atoms with Crippen LogP contribution >= 0.6 is 24.0 Å². The van der Waals surface area contributed by atoms with Crippen LogP contribution in [0, 0.1) is 13.8 Å². The maximum atomic E-state index is 12.3. The maximum absolute atomic E-state index is 12.3. The Balaban J connectivity index is 0.00000900. The van der Waals surface area contributed by atoms with Gasteiger partial charge in [-0.1, -0.05) is 19.0 Å². The molecule has 0 aliphatic heterocycles. The summed E-state index contributed by atoms with van der Waals surface area (Å²) in [5, 5.41) is 13.7. The number of nitrogens with one attached hydrogen (secondary N) is 3. The van der Waals surface area contributed by atoms with Gasteiger partial charge in [-0.15, -0.1) is 24.0 Å². The van der Waals surface area contributed by atoms with Crippen molar-refractivity contribution < 1.29 is 14.1 Å². The molecular formula is C22H42IN5O3. The second kappa shape index (κ2) is 13.8. The SMILES string of the molecule is CCNC(=NCC(CC)(CC)NC(=O)OC(C)(C)C)NCCCc1c(C)noc1C.I. The first kappa shape index (κ1) is 29.5. The van der Waals surface area contributed by atoms with Crippen LogP contribution in [-0.2, 0) is 11.2 Å². The number of amides is 1. The lowest BCUT2D eigenvalue weighted by Gasteiger charge is -2.32. The molecule has 0 unspecified atom stereocenters. The predicted molar refractivity (Wildman–Crippen MR) is 136 cm³/mol. The normalized spacial score (nSPS) is 12.2. The van der Waals surface area contributed by atoms with Crippen molar-refractivity contribution in [2.45, 2.75) is 92.2 Å². The molecule has 180 valence electrons. The van der Waals surface area contributed by atoms with E-state index in [2.05, 4.69) is 35.0 Å². The van der Waals surface area contributed by atoms with E-state index in [-0.39, 0.29) is 24.0 Å². The molecule has 0 saturated carbocycles. The summed E-state index contributed by atoms with van der Waals surface area (Å²) in [4.78, 5) is 17.1. The summed E-state index contributed by atoms with van der Waals surface area (Å²) in [5.41, 5.74) is 1.16. The molecule has 0 bridgehead atoms. The number of alkyl carbamates (subject to hydrolysis) is 1. The van der Waals surface area contributed by atoms with E-state index in [1.807, 2.05) is 41.5 Å². The van der Waals surface area contributed by atoms with Gasteiger partial charge in [0, 0.05) is 18.7 Å². The van der Waals surface area contributed by atoms with E-state index in [0.717, 1.165) is 56.2 Å². The summed E-state index contributed by atoms with van der Waals surface area (Å²) in [7, 11) is 0. The number of nitrogens with zero attached hydrogens (tertiary/aromatic N) is 2. The molecule has 1 rings (SSSR count). The van der Waals surface area contributed by atoms with Crippen LogP contribution in [0.15, 0.2) is 9.52 Å². The molecule has 1 aromatic rings. The first-order chi connectivity index (χ1) is 14.1. The van der Waals surface area contributed by atoms with Gasteiger partial charge in [0.2, 0.25) is 0 Å². The molecule has 0 radical (unpaired) electrons. The van der Waals surface area contributed by atoms with Gasteiger partial charge in [-0.3, -0.25) is 4.99 Å². The number of hydrogen-bond acceptors (Lipinski definition) is 5. The van der Waals surface area contributed by atoms with E-state index >= 15 is 0 Å². The van der Waals surface area contributed by atoms with Crippen LogP contribution < -0.4 is 16.0 Å². The first-order valence-electron chi connectivity index (χ1n) is 11.0. The minimum atomic E-state index is -0.529. The van der Waals surface area contributed by atoms with Crippen LogP contribution in [0.4, 0.5) is 4.79 Å². The summed E-state index contributed by atoms with van der Waals surface area (Å²) in [5.74, 6) is 1.63. The molecule has 0 aliphatic rings. The van der Waals surface area contributed by atoms with Crippen molar-refractivity contribution >= 4 is 36.0 Å². The van der Waals surface area contributed by atoms with Crippen LogP contribution in [-0.4, -0.2) is 48.0 Å². The molecule has 31 heavy (non-hydrogen) atoms. The lowest BCUT2D eigenvalue weighted by atomic mass is 9.93. The second-order valence-corrected chi connectivity index (χ2v) is 8.64. The molecule has 0 atom stereocenters. The van der Waals surface area contributed by atoms with E-state index < -0.39 is 17.2 Å². The average molecular weight is 552 g/mol. The van der Waals surface area contributed by atoms with E-state index in [1.54, 1.807) is 0 Å². The average Bonchev–Trinajstić information content (AvgIpc) is 2.98. The molecule has 1 heterocycles. The van der Waals surface area contributed by atoms with Crippen molar-refractivity contribution in [1.29, 1.82) is 0 Å². The van der Waals surface area contributed by atoms with Crippen LogP contribution in [0.25, 0.3) is 0 Å². The van der Waals surface area contributed by atoms with Crippen molar-refractivity contribution in [1.82, 2.24) is 21.1 Å². The number of guanidine groups is 1. The Morgan fingerprint density at radius 1 is 1.13 bits per heavy atom. The zero-order chi connectivity index (χ0) is 22.8. The lowest BCUT2D eigenvalue weighted by Crippen LogP contribution is -2.52. The van der Waals surface area contributed by atoms with E-state index in [4.69, 9.17) is 14.3 Å². The Labute approximate surface area is 204 Å². The molecule has 8 nitrogen and oxygen atoms in total. The summed E-state index contributed by atoms with van der Waals surface area (Å²) in [6.45, 7) is 17.7. The predicted octanol–water partition coefficient (Wildman–Crippen LogP) is 4.48. The quantitative estimate of drug-likeness (QED) is 0.172. The smallest absolute Gasteiger partial charge is 0.408 e. The Kier molecular flexibility index (Phi) is 13.1. The van der Waals surface area contributed by atoms with Gasteiger partial charge in [-0.25, -0.2) is 4.79 Å². The molecule has 0 aliphatic carbocycles. The number of aliphatic imine (C=N–C) groups is 1. The monoisotopic (exact) mass is 551 g/mol. The highest BCUT2D eigenvalue weighted by molar-refractivity contribution is 14.0. The Hall–Kier alpha value is -1.52. The zero-order valence-electron chi connectivity index (χ0n) is 20.5. The van der Waals surface area contributed by atoms with Gasteiger partial charge >= 0.3 is 6.09 Å². The maximum Gasteiger partial charge on any atom is 0.408 e. The fourth-order valence-electron chi connectivity index (χ4n) is 3.11. The molecule has 0 fully saturated rings. The number of aryl methyl sites for hydroxylation is 2. The molecule has 0 aromatic carbocycles. The fraction of sp³-hybridized carbons (Fsp3) is 0.773. The van der Waals surface area contributed by atoms with Crippen LogP contribution in [0.1, 0.15) is 77.8 Å². The number of hydrogen-bond donors (Lipinski definition) is 3. The van der Waals surface area contributed by atoms with Gasteiger partial charge in [0.05, 0.1) is 17.8 Å². The van der Waals surface area contributed by atoms with E-state index in [0.29, 0.717) is 6.54 Å². The number of ether oxygens (including phenoxy) is 1. The van der Waals surface area contributed by atoms with Crippen molar-refractivity contribution in [3.05, 3.63) is 17.0 Å². The molecule has 1 amide bonds. The second-order valence-electron chi connectivity index (χ2n) is 8.64. The highest BCUT2D eigenvalue weighted by Crippen LogP contribution is 2.18. The minimum absolute atomic E-state index is 0. The van der Waals surface area contributed by atoms with Crippen LogP contribution in [0.2, 0.25) is 0 Å². The van der Waals surface area contributed by atoms with Gasteiger partial charge in [-0.2, -0.15) is 0 Å². The molecular weight excluding hydrogens is 509 g/mol. The summed E-state index contributed by atoms with van der Waals surface area (Å²) >= 11 is 0. The van der Waals surface area contributed by atoms with Crippen molar-refractivity contribution in [2.24, 2.45) is 4.99 Å². The summed E-state index contributed by atoms with van der Waals surface area (Å²) < 4.78 is 10.7. The number of halogens is 1. The highest BCUT2D eigenvalue weighted by atomic mass is 127. The van der Waals surface area contributed by atoms with E-state index in [1.165, 1.54) is 5.56 Å². The Morgan fingerprint density at radius 2 is 1.77 bits per heavy atom. The number of carbonyl (C=O) groups is 1. The number of rotatable bonds is 10. The summed E-state index contributed by atoms with van der Waals surface area (Å²) in [6, 6.07) is 0. The molecule has 3 N–H and O–H groups in total. The number of carbonyl (C=O) groups excluding carboxylic acids is 1.